The van der Waals surface area contributed by atoms with E-state index in [1.807, 2.05) is 0 Å². The maximum atomic E-state index is 12.0. The van der Waals surface area contributed by atoms with Gasteiger partial charge in [-0.2, -0.15) is 13.2 Å². The molecule has 1 rings (SSSR count). The third-order valence-electron chi connectivity index (χ3n) is 1.41. The van der Waals surface area contributed by atoms with Gasteiger partial charge in [-0.15, -0.1) is 0 Å². The number of nitrogens with zero attached hydrogens (tertiary/aromatic N) is 1. The SMILES string of the molecule is O=[N+]([O-])c1ccc([11C](F)(F)F)cc1. The van der Waals surface area contributed by atoms with E-state index in [0.29, 0.717) is 12.1 Å². The average Bonchev–Trinajstić information content (AvgIpc) is 2.03. The highest BCUT2D eigenvalue weighted by Crippen LogP contribution is 2.29. The fourth-order valence-corrected chi connectivity index (χ4v) is 0.772. The van der Waals surface area contributed by atoms with Crippen LogP contribution in [0.2, 0.25) is 0 Å². The van der Waals surface area contributed by atoms with Crippen LogP contribution in [0.4, 0.5) is 18.9 Å². The number of rotatable bonds is 1. The number of halogens is 3. The number of nitro groups is 1. The molecule has 1 aromatic carbocycles. The first-order valence-electron chi connectivity index (χ1n) is 3.23. The summed E-state index contributed by atoms with van der Waals surface area (Å²) in [5, 5.41) is 10.1. The van der Waals surface area contributed by atoms with E-state index in [0.717, 1.165) is 12.1 Å². The molecule has 0 atom stereocenters. The predicted molar refractivity (Wildman–Crippen MR) is 38.1 cm³/mol. The first-order valence-corrected chi connectivity index (χ1v) is 3.23. The Bertz CT molecular complexity index is 318. The van der Waals surface area contributed by atoms with Crippen LogP contribution in [0.15, 0.2) is 24.3 Å². The van der Waals surface area contributed by atoms with Crippen molar-refractivity contribution in [2.24, 2.45) is 0 Å². The number of hydrogen-bond acceptors (Lipinski definition) is 2. The number of hydrogen-bond donors (Lipinski definition) is 0. The molecule has 0 radical (unpaired) electrons. The molecule has 0 bridgehead atoms. The molecule has 70 valence electrons. The fraction of sp³-hybridized carbons (Fsp3) is 0.143. The molecule has 0 spiro atoms. The standard InChI is InChI=1S/C7H4F3NO2/c8-7(9,10)5-1-3-6(4-2-5)11(12)13/h1-4H/i7-1. The van der Waals surface area contributed by atoms with E-state index in [9.17, 15) is 23.3 Å². The van der Waals surface area contributed by atoms with Gasteiger partial charge in [0.1, 0.15) is 0 Å². The summed E-state index contributed by atoms with van der Waals surface area (Å²) in [6, 6.07) is 3.00. The van der Waals surface area contributed by atoms with Gasteiger partial charge < -0.3 is 0 Å². The van der Waals surface area contributed by atoms with E-state index in [2.05, 4.69) is 0 Å². The van der Waals surface area contributed by atoms with Crippen LogP contribution in [0.1, 0.15) is 5.56 Å². The second-order valence-corrected chi connectivity index (χ2v) is 2.30. The van der Waals surface area contributed by atoms with Gasteiger partial charge in [-0.05, 0) is 12.1 Å². The lowest BCUT2D eigenvalue weighted by Gasteiger charge is -2.04. The predicted octanol–water partition coefficient (Wildman–Crippen LogP) is 2.61. The van der Waals surface area contributed by atoms with Crippen molar-refractivity contribution in [3.63, 3.8) is 0 Å². The minimum Gasteiger partial charge on any atom is -0.258 e. The van der Waals surface area contributed by atoms with Gasteiger partial charge in [0.05, 0.1) is 10.5 Å². The first-order chi connectivity index (χ1) is 5.91. The normalized spacial score (nSPS) is 11.3. The summed E-state index contributed by atoms with van der Waals surface area (Å²) in [6.45, 7) is 0. The van der Waals surface area contributed by atoms with Crippen molar-refractivity contribution in [1.82, 2.24) is 0 Å². The highest BCUT2D eigenvalue weighted by atomic mass is 19.4. The Kier molecular flexibility index (Phi) is 2.22. The third kappa shape index (κ3) is 2.17. The van der Waals surface area contributed by atoms with Crippen molar-refractivity contribution < 1.29 is 18.1 Å². The summed E-state index contributed by atoms with van der Waals surface area (Å²) in [4.78, 5) is 9.34. The van der Waals surface area contributed by atoms with Gasteiger partial charge in [0.15, 0.2) is 0 Å². The van der Waals surface area contributed by atoms with Gasteiger partial charge in [-0.3, -0.25) is 10.1 Å². The second-order valence-electron chi connectivity index (χ2n) is 2.30. The van der Waals surface area contributed by atoms with Crippen LogP contribution in [0.3, 0.4) is 0 Å². The molecule has 0 aliphatic rings. The highest BCUT2D eigenvalue weighted by Gasteiger charge is 2.30. The molecule has 3 nitrogen and oxygen atoms in total. The summed E-state index contributed by atoms with van der Waals surface area (Å²) in [6.07, 6.45) is -4.45. The van der Waals surface area contributed by atoms with Crippen LogP contribution in [-0.4, -0.2) is 4.92 Å². The molecule has 0 aliphatic carbocycles. The Hall–Kier alpha value is -1.59. The van der Waals surface area contributed by atoms with Crippen LogP contribution in [0.25, 0.3) is 0 Å². The van der Waals surface area contributed by atoms with Crippen molar-refractivity contribution in [2.45, 2.75) is 6.18 Å². The Labute approximate surface area is 70.9 Å². The molecule has 0 N–H and O–H groups in total. The lowest BCUT2D eigenvalue weighted by atomic mass is 9.91. The van der Waals surface area contributed by atoms with Crippen molar-refractivity contribution in [1.29, 1.82) is 0 Å². The number of alkyl halides is 3. The lowest BCUT2D eigenvalue weighted by Crippen LogP contribution is -2.04. The molecule has 0 heterocycles. The number of nitro benzene ring substituents is 1. The van der Waals surface area contributed by atoms with E-state index in [4.69, 9.17) is 0 Å². The Morgan fingerprint density at radius 1 is 1.15 bits per heavy atom. The van der Waals surface area contributed by atoms with Crippen LogP contribution in [0, 0.1) is 10.1 Å². The summed E-state index contributed by atoms with van der Waals surface area (Å²) in [7, 11) is 0. The van der Waals surface area contributed by atoms with Gasteiger partial charge >= 0.3 is 6.18 Å². The molecule has 0 saturated carbocycles. The van der Waals surface area contributed by atoms with Crippen LogP contribution < -0.4 is 0 Å². The zero-order chi connectivity index (χ0) is 10.1. The molecule has 0 unspecified atom stereocenters. The first kappa shape index (κ1) is 9.50. The topological polar surface area (TPSA) is 43.1 Å². The van der Waals surface area contributed by atoms with E-state index >= 15 is 0 Å². The second kappa shape index (κ2) is 3.04. The fourth-order valence-electron chi connectivity index (χ4n) is 0.772. The van der Waals surface area contributed by atoms with E-state index in [1.165, 1.54) is 0 Å². The van der Waals surface area contributed by atoms with Crippen LogP contribution in [0.5, 0.6) is 0 Å². The molecule has 0 amide bonds. The van der Waals surface area contributed by atoms with Gasteiger partial charge in [-0.25, -0.2) is 0 Å². The van der Waals surface area contributed by atoms with Gasteiger partial charge in [0, 0.05) is 12.1 Å². The van der Waals surface area contributed by atoms with Crippen molar-refractivity contribution in [3.8, 4) is 0 Å². The summed E-state index contributed by atoms with van der Waals surface area (Å²) in [5.74, 6) is 0. The minimum atomic E-state index is -4.45. The Morgan fingerprint density at radius 2 is 1.62 bits per heavy atom. The molecule has 1 aromatic rings. The summed E-state index contributed by atoms with van der Waals surface area (Å²) < 4.78 is 35.9. The quantitative estimate of drug-likeness (QED) is 0.504. The van der Waals surface area contributed by atoms with Crippen molar-refractivity contribution in [2.75, 3.05) is 0 Å². The molecular weight excluding hydrogens is 186 g/mol. The largest absolute Gasteiger partial charge is 0.416 e. The smallest absolute Gasteiger partial charge is 0.258 e. The van der Waals surface area contributed by atoms with Crippen molar-refractivity contribution >= 4 is 5.69 Å². The third-order valence-corrected chi connectivity index (χ3v) is 1.41. The van der Waals surface area contributed by atoms with Crippen LogP contribution >= 0.6 is 0 Å². The lowest BCUT2D eigenvalue weighted by molar-refractivity contribution is -0.384. The van der Waals surface area contributed by atoms with Crippen LogP contribution in [-0.2, 0) is 6.18 Å². The maximum absolute atomic E-state index is 12.0. The molecule has 13 heavy (non-hydrogen) atoms. The molecule has 0 saturated heterocycles. The zero-order valence-corrected chi connectivity index (χ0v) is 6.21. The molecular formula is C7H4F3NO2. The summed E-state index contributed by atoms with van der Waals surface area (Å²) in [5.41, 5.74) is -1.24. The number of non-ortho nitro benzene ring substituents is 1. The molecule has 6 heteroatoms. The molecule has 0 aliphatic heterocycles. The Balaban J connectivity index is 3.01. The van der Waals surface area contributed by atoms with E-state index in [1.54, 1.807) is 0 Å². The van der Waals surface area contributed by atoms with Gasteiger partial charge in [0.25, 0.3) is 5.69 Å². The highest BCUT2D eigenvalue weighted by molar-refractivity contribution is 5.33. The minimum absolute atomic E-state index is 0.354. The van der Waals surface area contributed by atoms with E-state index < -0.39 is 16.7 Å². The monoisotopic (exact) mass is 190 g/mol. The number of benzene rings is 1. The average molecular weight is 190 g/mol. The summed E-state index contributed by atoms with van der Waals surface area (Å²) >= 11 is 0. The molecule has 0 fully saturated rings. The van der Waals surface area contributed by atoms with E-state index in [-0.39, 0.29) is 5.69 Å². The molecule has 0 aromatic heterocycles. The zero-order valence-electron chi connectivity index (χ0n) is 6.21. The van der Waals surface area contributed by atoms with Gasteiger partial charge in [0.2, 0.25) is 0 Å². The van der Waals surface area contributed by atoms with Crippen molar-refractivity contribution in [3.05, 3.63) is 39.9 Å². The van der Waals surface area contributed by atoms with Gasteiger partial charge in [-0.1, -0.05) is 0 Å². The maximum Gasteiger partial charge on any atom is 0.416 e. The Morgan fingerprint density at radius 3 is 1.92 bits per heavy atom.